The van der Waals surface area contributed by atoms with Crippen LogP contribution in [0.15, 0.2) is 0 Å². The van der Waals surface area contributed by atoms with Gasteiger partial charge in [0.15, 0.2) is 0 Å². The van der Waals surface area contributed by atoms with Crippen molar-refractivity contribution in [1.29, 1.82) is 0 Å². The minimum atomic E-state index is -0.641. The maximum atomic E-state index is 8.94. The Balaban J connectivity index is 3.00. The van der Waals surface area contributed by atoms with E-state index < -0.39 is 6.10 Å². The van der Waals surface area contributed by atoms with E-state index in [1.807, 2.05) is 0 Å². The van der Waals surface area contributed by atoms with Gasteiger partial charge in [-0.25, -0.2) is 0 Å². The molecule has 62 valence electrons. The van der Waals surface area contributed by atoms with E-state index in [4.69, 9.17) is 28.3 Å². The van der Waals surface area contributed by atoms with Gasteiger partial charge in [-0.15, -0.1) is 0 Å². The molecule has 0 aromatic heterocycles. The Morgan fingerprint density at radius 2 is 1.50 bits per heavy atom. The van der Waals surface area contributed by atoms with Crippen LogP contribution in [0.5, 0.6) is 0 Å². The first kappa shape index (κ1) is 10.5. The Bertz CT molecular complexity index is 63.9. The van der Waals surface area contributed by atoms with Crippen LogP contribution >= 0.6 is 23.2 Å². The highest BCUT2D eigenvalue weighted by atomic mass is 35.5. The van der Waals surface area contributed by atoms with Crippen molar-refractivity contribution in [1.82, 2.24) is 0 Å². The van der Waals surface area contributed by atoms with Gasteiger partial charge in [0.25, 0.3) is 0 Å². The van der Waals surface area contributed by atoms with Gasteiger partial charge in [-0.05, 0) is 0 Å². The van der Waals surface area contributed by atoms with Gasteiger partial charge >= 0.3 is 0 Å². The summed E-state index contributed by atoms with van der Waals surface area (Å²) in [6.45, 7) is 0.362. The average Bonchev–Trinajstić information content (AvgIpc) is 1.97. The van der Waals surface area contributed by atoms with E-state index in [1.165, 1.54) is 0 Å². The molecule has 0 fully saturated rings. The molecule has 0 saturated carbocycles. The van der Waals surface area contributed by atoms with Crippen molar-refractivity contribution in [3.05, 3.63) is 0 Å². The van der Waals surface area contributed by atoms with Crippen molar-refractivity contribution in [3.63, 3.8) is 0 Å². The number of ether oxygens (including phenoxy) is 2. The number of hydrogen-bond donors (Lipinski definition) is 1. The van der Waals surface area contributed by atoms with Crippen LogP contribution in [0.1, 0.15) is 0 Å². The topological polar surface area (TPSA) is 38.7 Å². The van der Waals surface area contributed by atoms with Gasteiger partial charge in [0.05, 0.1) is 13.2 Å². The quantitative estimate of drug-likeness (QED) is 0.627. The second kappa shape index (κ2) is 7.57. The van der Waals surface area contributed by atoms with Crippen LogP contribution in [0.4, 0.5) is 0 Å². The molecule has 0 radical (unpaired) electrons. The smallest absolute Gasteiger partial charge is 0.120 e. The molecule has 0 atom stereocenters. The summed E-state index contributed by atoms with van der Waals surface area (Å²) in [4.78, 5) is 0. The molecule has 10 heavy (non-hydrogen) atoms. The van der Waals surface area contributed by atoms with Crippen LogP contribution in [0.3, 0.4) is 0 Å². The summed E-state index contributed by atoms with van der Waals surface area (Å²) in [6.07, 6.45) is -0.641. The summed E-state index contributed by atoms with van der Waals surface area (Å²) in [5.74, 6) is 0. The monoisotopic (exact) mass is 188 g/mol. The zero-order chi connectivity index (χ0) is 7.82. The standard InChI is InChI=1S/C5H10Cl2O3/c6-3-9-1-5(8)2-10-4-7/h5,8H,1-4H2. The zero-order valence-electron chi connectivity index (χ0n) is 5.43. The first-order valence-corrected chi connectivity index (χ1v) is 3.83. The number of halogens is 2. The SMILES string of the molecule is OC(COCCl)COCCl. The summed E-state index contributed by atoms with van der Waals surface area (Å²) in [5, 5.41) is 8.94. The molecule has 0 aliphatic carbocycles. The first-order chi connectivity index (χ1) is 4.81. The lowest BCUT2D eigenvalue weighted by Gasteiger charge is -2.08. The second-order valence-electron chi connectivity index (χ2n) is 1.61. The molecule has 0 aromatic rings. The lowest BCUT2D eigenvalue weighted by molar-refractivity contribution is 0.000963. The Labute approximate surface area is 69.8 Å². The lowest BCUT2D eigenvalue weighted by atomic mass is 10.4. The first-order valence-electron chi connectivity index (χ1n) is 2.76. The Kier molecular flexibility index (Phi) is 7.91. The van der Waals surface area contributed by atoms with Gasteiger partial charge in [-0.3, -0.25) is 0 Å². The van der Waals surface area contributed by atoms with E-state index in [1.54, 1.807) is 0 Å². The van der Waals surface area contributed by atoms with E-state index in [9.17, 15) is 0 Å². The average molecular weight is 189 g/mol. The van der Waals surface area contributed by atoms with E-state index in [0.717, 1.165) is 0 Å². The predicted molar refractivity (Wildman–Crippen MR) is 39.4 cm³/mol. The largest absolute Gasteiger partial charge is 0.388 e. The van der Waals surface area contributed by atoms with E-state index >= 15 is 0 Å². The molecule has 0 spiro atoms. The van der Waals surface area contributed by atoms with Crippen molar-refractivity contribution >= 4 is 23.2 Å². The zero-order valence-corrected chi connectivity index (χ0v) is 6.94. The normalized spacial score (nSPS) is 10.8. The van der Waals surface area contributed by atoms with Gasteiger partial charge in [0.2, 0.25) is 0 Å². The molecule has 0 amide bonds. The van der Waals surface area contributed by atoms with E-state index in [2.05, 4.69) is 9.47 Å². The number of hydrogen-bond acceptors (Lipinski definition) is 3. The molecule has 0 unspecified atom stereocenters. The Morgan fingerprint density at radius 3 is 1.80 bits per heavy atom. The van der Waals surface area contributed by atoms with Gasteiger partial charge in [0.1, 0.15) is 18.2 Å². The molecule has 0 aliphatic rings. The molecule has 1 N–H and O–H groups in total. The third-order valence-corrected chi connectivity index (χ3v) is 1.08. The van der Waals surface area contributed by atoms with E-state index in [-0.39, 0.29) is 25.3 Å². The molecule has 0 aliphatic heterocycles. The fourth-order valence-electron chi connectivity index (χ4n) is 0.409. The number of alkyl halides is 2. The number of aliphatic hydroxyl groups is 1. The minimum absolute atomic E-state index is 0.0813. The number of aliphatic hydroxyl groups excluding tert-OH is 1. The Morgan fingerprint density at radius 1 is 1.10 bits per heavy atom. The highest BCUT2D eigenvalue weighted by molar-refractivity contribution is 6.17. The maximum Gasteiger partial charge on any atom is 0.120 e. The van der Waals surface area contributed by atoms with Crippen molar-refractivity contribution in [2.24, 2.45) is 0 Å². The van der Waals surface area contributed by atoms with E-state index in [0.29, 0.717) is 0 Å². The fraction of sp³-hybridized carbons (Fsp3) is 1.00. The van der Waals surface area contributed by atoms with Gasteiger partial charge in [-0.2, -0.15) is 0 Å². The fourth-order valence-corrected chi connectivity index (χ4v) is 0.587. The highest BCUT2D eigenvalue weighted by Crippen LogP contribution is 1.89. The molecule has 5 heteroatoms. The minimum Gasteiger partial charge on any atom is -0.388 e. The Hall–Kier alpha value is 0.460. The summed E-state index contributed by atoms with van der Waals surface area (Å²) in [7, 11) is 0. The molecular weight excluding hydrogens is 179 g/mol. The maximum absolute atomic E-state index is 8.94. The van der Waals surface area contributed by atoms with Crippen LogP contribution in [0.25, 0.3) is 0 Å². The summed E-state index contributed by atoms with van der Waals surface area (Å²) < 4.78 is 9.37. The third kappa shape index (κ3) is 6.58. The van der Waals surface area contributed by atoms with Gasteiger partial charge in [0, 0.05) is 0 Å². The molecule has 0 heterocycles. The van der Waals surface area contributed by atoms with Crippen molar-refractivity contribution in [2.45, 2.75) is 6.10 Å². The summed E-state index contributed by atoms with van der Waals surface area (Å²) in [6, 6.07) is 0.163. The highest BCUT2D eigenvalue weighted by Gasteiger charge is 2.02. The van der Waals surface area contributed by atoms with Crippen LogP contribution in [-0.2, 0) is 9.47 Å². The van der Waals surface area contributed by atoms with Crippen LogP contribution in [-0.4, -0.2) is 36.6 Å². The van der Waals surface area contributed by atoms with Crippen LogP contribution in [0, 0.1) is 0 Å². The van der Waals surface area contributed by atoms with Crippen molar-refractivity contribution in [2.75, 3.05) is 25.3 Å². The molecule has 0 rings (SSSR count). The van der Waals surface area contributed by atoms with Gasteiger partial charge in [-0.1, -0.05) is 23.2 Å². The van der Waals surface area contributed by atoms with Crippen molar-refractivity contribution < 1.29 is 14.6 Å². The molecular formula is C5H10Cl2O3. The third-order valence-electron chi connectivity index (χ3n) is 0.775. The van der Waals surface area contributed by atoms with Crippen molar-refractivity contribution in [3.8, 4) is 0 Å². The summed E-state index contributed by atoms with van der Waals surface area (Å²) >= 11 is 10.4. The molecule has 3 nitrogen and oxygen atoms in total. The molecule has 0 aromatic carbocycles. The number of rotatable bonds is 6. The second-order valence-corrected chi connectivity index (χ2v) is 2.05. The van der Waals surface area contributed by atoms with Crippen LogP contribution in [0.2, 0.25) is 0 Å². The lowest BCUT2D eigenvalue weighted by Crippen LogP contribution is -2.21. The molecule has 0 saturated heterocycles. The van der Waals surface area contributed by atoms with Gasteiger partial charge < -0.3 is 14.6 Å². The van der Waals surface area contributed by atoms with Crippen LogP contribution < -0.4 is 0 Å². The molecule has 0 bridgehead atoms. The summed E-state index contributed by atoms with van der Waals surface area (Å²) in [5.41, 5.74) is 0. The predicted octanol–water partition coefficient (Wildman–Crippen LogP) is 0.773.